The number of benzene rings is 9. The lowest BCUT2D eigenvalue weighted by Crippen LogP contribution is -2.52. The first kappa shape index (κ1) is 39.5. The number of alkyl halides is 1. The van der Waals surface area contributed by atoms with E-state index < -0.39 is 0 Å². The molecule has 1 spiro atoms. The van der Waals surface area contributed by atoms with Crippen molar-refractivity contribution < 1.29 is 0 Å². The average molecular weight is 973 g/mol. The van der Waals surface area contributed by atoms with Crippen LogP contribution in [0.2, 0.25) is 0 Å². The van der Waals surface area contributed by atoms with Gasteiger partial charge in [0.15, 0.2) is 0 Å². The minimum Gasteiger partial charge on any atom is -0.311 e. The van der Waals surface area contributed by atoms with Crippen LogP contribution in [-0.4, -0.2) is 8.49 Å². The second-order valence-corrected chi connectivity index (χ2v) is 21.2. The maximum Gasteiger partial charge on any atom is 0.0541 e. The molecule has 10 aromatic rings. The van der Waals surface area contributed by atoms with Gasteiger partial charge in [-0.25, -0.2) is 0 Å². The summed E-state index contributed by atoms with van der Waals surface area (Å²) in [5.41, 5.74) is 20.6. The predicted octanol–water partition coefficient (Wildman–Crippen LogP) is 17.4. The largest absolute Gasteiger partial charge is 0.311 e. The molecule has 0 radical (unpaired) electrons. The molecule has 1 heterocycles. The molecule has 67 heavy (non-hydrogen) atoms. The van der Waals surface area contributed by atoms with Gasteiger partial charge in [0.2, 0.25) is 0 Å². The van der Waals surface area contributed by atoms with Gasteiger partial charge in [-0.2, -0.15) is 0 Å². The fourth-order valence-electron chi connectivity index (χ4n) is 13.6. The zero-order valence-corrected chi connectivity index (χ0v) is 39.4. The number of nitrogens with zero attached hydrogens (tertiary/aromatic N) is 2. The molecule has 0 saturated heterocycles. The molecular weight excluding hydrogens is 924 g/mol. The Labute approximate surface area is 406 Å². The quantitative estimate of drug-likeness (QED) is 0.114. The molecule has 3 fully saturated rings. The van der Waals surface area contributed by atoms with Crippen LogP contribution >= 0.6 is 22.6 Å². The van der Waals surface area contributed by atoms with Gasteiger partial charge in [0.1, 0.15) is 0 Å². The highest BCUT2D eigenvalue weighted by Crippen LogP contribution is 2.70. The summed E-state index contributed by atoms with van der Waals surface area (Å²) in [6.07, 6.45) is 5.67. The monoisotopic (exact) mass is 972 g/mol. The third-order valence-electron chi connectivity index (χ3n) is 16.5. The molecular formula is C64H49IN2. The Balaban J connectivity index is 0.840. The van der Waals surface area contributed by atoms with Crippen molar-refractivity contribution in [3.63, 3.8) is 0 Å². The van der Waals surface area contributed by atoms with Crippen LogP contribution < -0.4 is 4.90 Å². The van der Waals surface area contributed by atoms with Gasteiger partial charge in [-0.15, -0.1) is 0 Å². The highest BCUT2D eigenvalue weighted by Gasteiger charge is 2.64. The maximum atomic E-state index is 2.88. The molecule has 6 unspecified atom stereocenters. The average Bonchev–Trinajstić information content (AvgIpc) is 3.98. The van der Waals surface area contributed by atoms with Crippen molar-refractivity contribution in [2.45, 2.75) is 35.0 Å². The molecule has 2 bridgehead atoms. The lowest BCUT2D eigenvalue weighted by atomic mass is 9.51. The van der Waals surface area contributed by atoms with Crippen molar-refractivity contribution >= 4 is 61.5 Å². The third-order valence-corrected chi connectivity index (χ3v) is 18.0. The van der Waals surface area contributed by atoms with Crippen molar-refractivity contribution in [3.8, 4) is 50.2 Å². The fourth-order valence-corrected chi connectivity index (χ4v) is 15.5. The van der Waals surface area contributed by atoms with Crippen LogP contribution in [0.4, 0.5) is 17.1 Å². The second kappa shape index (κ2) is 15.4. The molecule has 6 atom stereocenters. The van der Waals surface area contributed by atoms with E-state index in [0.717, 1.165) is 46.4 Å². The van der Waals surface area contributed by atoms with E-state index >= 15 is 0 Å². The van der Waals surface area contributed by atoms with E-state index in [1.807, 2.05) is 0 Å². The Hall–Kier alpha value is -6.69. The van der Waals surface area contributed by atoms with Gasteiger partial charge in [-0.05, 0) is 172 Å². The lowest BCUT2D eigenvalue weighted by Gasteiger charge is -2.54. The van der Waals surface area contributed by atoms with Crippen LogP contribution in [0.1, 0.15) is 36.8 Å². The Bertz CT molecular complexity index is 3460. The molecule has 9 aromatic carbocycles. The van der Waals surface area contributed by atoms with E-state index in [9.17, 15) is 0 Å². The van der Waals surface area contributed by atoms with E-state index in [4.69, 9.17) is 0 Å². The molecule has 1 aromatic heterocycles. The highest BCUT2D eigenvalue weighted by atomic mass is 127. The minimum atomic E-state index is 0.121. The summed E-state index contributed by atoms with van der Waals surface area (Å²) in [7, 11) is 0. The highest BCUT2D eigenvalue weighted by molar-refractivity contribution is 14.1. The van der Waals surface area contributed by atoms with E-state index in [2.05, 4.69) is 250 Å². The van der Waals surface area contributed by atoms with Gasteiger partial charge in [-0.3, -0.25) is 0 Å². The number of para-hydroxylation sites is 2. The molecule has 14 rings (SSSR count). The SMILES string of the molecule is IC1CC2CC3CC(C3C2)C12c1ccccc1-c1cc(-c3ccccc3-c3ccc(N(c4ccc(-c5ccccc5)cc4)c4ccc(-n5c6ccccc6c6ccccc65)cc4)cc3)ccc12. The lowest BCUT2D eigenvalue weighted by molar-refractivity contribution is 0.0447. The molecule has 0 N–H and O–H groups in total. The predicted molar refractivity (Wildman–Crippen MR) is 288 cm³/mol. The molecule has 4 aliphatic carbocycles. The zero-order chi connectivity index (χ0) is 44.2. The molecule has 322 valence electrons. The Morgan fingerprint density at radius 3 is 1.63 bits per heavy atom. The molecule has 0 amide bonds. The van der Waals surface area contributed by atoms with Gasteiger partial charge in [0.05, 0.1) is 11.0 Å². The van der Waals surface area contributed by atoms with Crippen molar-refractivity contribution in [3.05, 3.63) is 230 Å². The molecule has 0 aliphatic heterocycles. The summed E-state index contributed by atoms with van der Waals surface area (Å²) in [5.74, 6) is 3.50. The summed E-state index contributed by atoms with van der Waals surface area (Å²) >= 11 is 2.88. The topological polar surface area (TPSA) is 8.17 Å². The van der Waals surface area contributed by atoms with Crippen LogP contribution in [-0.2, 0) is 5.41 Å². The number of fused-ring (bicyclic) bond motifs is 10. The maximum absolute atomic E-state index is 2.88. The minimum absolute atomic E-state index is 0.121. The van der Waals surface area contributed by atoms with Gasteiger partial charge in [0.25, 0.3) is 0 Å². The summed E-state index contributed by atoms with van der Waals surface area (Å²) in [6.45, 7) is 0. The summed E-state index contributed by atoms with van der Waals surface area (Å²) in [5, 5.41) is 2.54. The number of rotatable bonds is 7. The molecule has 3 saturated carbocycles. The van der Waals surface area contributed by atoms with E-state index in [1.54, 1.807) is 11.1 Å². The third kappa shape index (κ3) is 5.99. The first-order chi connectivity index (χ1) is 33.1. The number of aromatic nitrogens is 1. The van der Waals surface area contributed by atoms with Gasteiger partial charge >= 0.3 is 0 Å². The zero-order valence-electron chi connectivity index (χ0n) is 37.3. The van der Waals surface area contributed by atoms with E-state index in [0.29, 0.717) is 3.92 Å². The first-order valence-corrected chi connectivity index (χ1v) is 25.5. The fraction of sp³-hybridized carbons (Fsp3) is 0.156. The Kier molecular flexibility index (Phi) is 9.09. The van der Waals surface area contributed by atoms with Crippen molar-refractivity contribution in [1.82, 2.24) is 4.57 Å². The standard InChI is InChI=1S/C64H49IN2/c65-63-38-41-36-46-40-60(56(46)37-41)64(63)58-19-9-6-16-53(58)57-39-45(26-35-59(57)64)52-15-5-4-14-51(52)44-24-29-48(30-25-44)66(47-27-22-43(23-28-47)42-12-2-1-3-13-42)49-31-33-50(34-32-49)67-61-20-10-7-17-54(61)55-18-8-11-21-62(55)67/h1-35,39,41,46,56,60,63H,36-38,40H2. The van der Waals surface area contributed by atoms with Gasteiger partial charge < -0.3 is 9.47 Å². The number of hydrogen-bond donors (Lipinski definition) is 0. The number of hydrogen-bond acceptors (Lipinski definition) is 1. The molecule has 4 aliphatic rings. The first-order valence-electron chi connectivity index (χ1n) is 24.2. The van der Waals surface area contributed by atoms with Crippen molar-refractivity contribution in [1.29, 1.82) is 0 Å². The summed E-state index contributed by atoms with van der Waals surface area (Å²) < 4.78 is 3.00. The van der Waals surface area contributed by atoms with E-state index in [-0.39, 0.29) is 5.41 Å². The Morgan fingerprint density at radius 2 is 0.940 bits per heavy atom. The second-order valence-electron chi connectivity index (χ2n) is 19.7. The number of anilines is 3. The summed E-state index contributed by atoms with van der Waals surface area (Å²) in [6, 6.07) is 81.5. The van der Waals surface area contributed by atoms with E-state index in [1.165, 1.54) is 92.0 Å². The number of halogens is 1. The van der Waals surface area contributed by atoms with Crippen LogP contribution in [0.25, 0.3) is 72.0 Å². The Morgan fingerprint density at radius 1 is 0.418 bits per heavy atom. The molecule has 2 nitrogen and oxygen atoms in total. The van der Waals surface area contributed by atoms with Gasteiger partial charge in [-0.1, -0.05) is 174 Å². The molecule has 3 heteroatoms. The van der Waals surface area contributed by atoms with Crippen molar-refractivity contribution in [2.75, 3.05) is 4.90 Å². The normalized spacial score (nSPS) is 22.1. The van der Waals surface area contributed by atoms with Gasteiger partial charge in [0, 0.05) is 42.9 Å². The van der Waals surface area contributed by atoms with Crippen LogP contribution in [0, 0.1) is 23.7 Å². The van der Waals surface area contributed by atoms with Crippen molar-refractivity contribution in [2.24, 2.45) is 23.7 Å². The van der Waals surface area contributed by atoms with Crippen LogP contribution in [0.3, 0.4) is 0 Å². The summed E-state index contributed by atoms with van der Waals surface area (Å²) in [4.78, 5) is 2.39. The smallest absolute Gasteiger partial charge is 0.0541 e. The van der Waals surface area contributed by atoms with Crippen LogP contribution in [0.15, 0.2) is 218 Å². The van der Waals surface area contributed by atoms with Crippen LogP contribution in [0.5, 0.6) is 0 Å².